The number of nitrogens with zero attached hydrogens (tertiary/aromatic N) is 1. The smallest absolute Gasteiger partial charge is 0.266 e. The van der Waals surface area contributed by atoms with E-state index >= 15 is 0 Å². The molecule has 4 nitrogen and oxygen atoms in total. The minimum absolute atomic E-state index is 0.199. The highest BCUT2D eigenvalue weighted by Gasteiger charge is 1.98. The molecule has 1 unspecified atom stereocenters. The molecule has 0 fully saturated rings. The van der Waals surface area contributed by atoms with Gasteiger partial charge >= 0.3 is 0 Å². The van der Waals surface area contributed by atoms with Crippen molar-refractivity contribution in [1.82, 2.24) is 9.97 Å². The molecule has 0 saturated carbocycles. The molecule has 0 aliphatic carbocycles. The van der Waals surface area contributed by atoms with Crippen molar-refractivity contribution in [3.05, 3.63) is 58.7 Å². The lowest BCUT2D eigenvalue weighted by Gasteiger charge is -2.01. The molecule has 1 atom stereocenters. The number of H-pyrrole nitrogens is 1. The molecule has 110 valence electrons. The molecule has 1 aromatic heterocycles. The second-order valence-electron chi connectivity index (χ2n) is 5.10. The minimum Gasteiger partial charge on any atom is -0.393 e. The minimum atomic E-state index is -0.220. The molecule has 1 aromatic carbocycles. The lowest BCUT2D eigenvalue weighted by atomic mass is 10.1. The summed E-state index contributed by atoms with van der Waals surface area (Å²) in [5, 5.41) is 9.17. The molecule has 0 aliphatic heterocycles. The zero-order valence-electron chi connectivity index (χ0n) is 12.1. The van der Waals surface area contributed by atoms with Crippen molar-refractivity contribution < 1.29 is 5.11 Å². The molecule has 0 saturated heterocycles. The Labute approximate surface area is 124 Å². The Bertz CT molecular complexity index is 622. The Kier molecular flexibility index (Phi) is 5.46. The summed E-state index contributed by atoms with van der Waals surface area (Å²) < 4.78 is 0. The van der Waals surface area contributed by atoms with E-state index in [2.05, 4.69) is 22.1 Å². The van der Waals surface area contributed by atoms with Crippen LogP contribution in [0.3, 0.4) is 0 Å². The highest BCUT2D eigenvalue weighted by molar-refractivity contribution is 5.61. The second kappa shape index (κ2) is 7.55. The Balaban J connectivity index is 1.94. The van der Waals surface area contributed by atoms with Crippen LogP contribution in [0.2, 0.25) is 0 Å². The van der Waals surface area contributed by atoms with Gasteiger partial charge in [-0.05, 0) is 31.7 Å². The van der Waals surface area contributed by atoms with Crippen LogP contribution in [0.1, 0.15) is 31.7 Å². The van der Waals surface area contributed by atoms with Gasteiger partial charge in [-0.3, -0.25) is 4.79 Å². The largest absolute Gasteiger partial charge is 0.393 e. The number of hydrogen-bond acceptors (Lipinski definition) is 3. The molecule has 0 bridgehead atoms. The van der Waals surface area contributed by atoms with Crippen molar-refractivity contribution in [1.29, 1.82) is 0 Å². The van der Waals surface area contributed by atoms with E-state index in [9.17, 15) is 9.90 Å². The fourth-order valence-electron chi connectivity index (χ4n) is 2.02. The predicted molar refractivity (Wildman–Crippen MR) is 84.9 cm³/mol. The van der Waals surface area contributed by atoms with Crippen LogP contribution in [0.25, 0.3) is 17.3 Å². The van der Waals surface area contributed by atoms with Crippen molar-refractivity contribution >= 4 is 6.08 Å². The van der Waals surface area contributed by atoms with E-state index < -0.39 is 0 Å². The molecule has 2 N–H and O–H groups in total. The number of aromatic amines is 1. The normalized spacial score (nSPS) is 12.7. The van der Waals surface area contributed by atoms with Gasteiger partial charge in [0.25, 0.3) is 5.56 Å². The van der Waals surface area contributed by atoms with Gasteiger partial charge in [0, 0.05) is 11.8 Å². The van der Waals surface area contributed by atoms with Gasteiger partial charge < -0.3 is 10.1 Å². The summed E-state index contributed by atoms with van der Waals surface area (Å²) in [6.45, 7) is 1.81. The number of unbranched alkanes of at least 4 members (excludes halogenated alkanes) is 1. The molecule has 1 heterocycles. The molecular formula is C17H20N2O2. The van der Waals surface area contributed by atoms with E-state index in [0.717, 1.165) is 36.1 Å². The fourth-order valence-corrected chi connectivity index (χ4v) is 2.02. The SMILES string of the molecule is CC(O)CCCC=Cc1ccc(-c2c[nH]c(=O)cn2)cc1. The van der Waals surface area contributed by atoms with Crippen LogP contribution < -0.4 is 5.56 Å². The molecule has 0 radical (unpaired) electrons. The maximum absolute atomic E-state index is 11.0. The van der Waals surface area contributed by atoms with Crippen LogP contribution >= 0.6 is 0 Å². The molecule has 0 spiro atoms. The Hall–Kier alpha value is -2.20. The van der Waals surface area contributed by atoms with Gasteiger partial charge in [-0.25, -0.2) is 4.98 Å². The van der Waals surface area contributed by atoms with Crippen molar-refractivity contribution in [2.45, 2.75) is 32.3 Å². The number of benzene rings is 1. The summed E-state index contributed by atoms with van der Waals surface area (Å²) in [4.78, 5) is 17.7. The number of aliphatic hydroxyl groups is 1. The predicted octanol–water partition coefficient (Wildman–Crippen LogP) is 3.00. The zero-order valence-corrected chi connectivity index (χ0v) is 12.1. The van der Waals surface area contributed by atoms with Gasteiger partial charge in [-0.1, -0.05) is 36.4 Å². The molecule has 21 heavy (non-hydrogen) atoms. The highest BCUT2D eigenvalue weighted by Crippen LogP contribution is 2.16. The third-order valence-electron chi connectivity index (χ3n) is 3.18. The third kappa shape index (κ3) is 5.00. The first-order valence-corrected chi connectivity index (χ1v) is 7.15. The maximum Gasteiger partial charge on any atom is 0.266 e. The first-order valence-electron chi connectivity index (χ1n) is 7.15. The highest BCUT2D eigenvalue weighted by atomic mass is 16.3. The molecule has 2 rings (SSSR count). The van der Waals surface area contributed by atoms with Crippen LogP contribution in [0.4, 0.5) is 0 Å². The van der Waals surface area contributed by atoms with Gasteiger partial charge in [-0.15, -0.1) is 0 Å². The summed E-state index contributed by atoms with van der Waals surface area (Å²) in [5.74, 6) is 0. The van der Waals surface area contributed by atoms with E-state index in [-0.39, 0.29) is 11.7 Å². The van der Waals surface area contributed by atoms with Gasteiger partial charge in [0.15, 0.2) is 0 Å². The molecule has 2 aromatic rings. The summed E-state index contributed by atoms with van der Waals surface area (Å²) in [7, 11) is 0. The molecular weight excluding hydrogens is 264 g/mol. The first-order chi connectivity index (χ1) is 10.1. The Morgan fingerprint density at radius 1 is 1.33 bits per heavy atom. The van der Waals surface area contributed by atoms with Crippen LogP contribution in [0.5, 0.6) is 0 Å². The maximum atomic E-state index is 11.0. The number of rotatable bonds is 6. The quantitative estimate of drug-likeness (QED) is 0.801. The molecule has 0 amide bonds. The summed E-state index contributed by atoms with van der Waals surface area (Å²) >= 11 is 0. The third-order valence-corrected chi connectivity index (χ3v) is 3.18. The average Bonchev–Trinajstić information content (AvgIpc) is 2.48. The van der Waals surface area contributed by atoms with E-state index in [1.54, 1.807) is 6.20 Å². The van der Waals surface area contributed by atoms with Gasteiger partial charge in [0.2, 0.25) is 0 Å². The second-order valence-corrected chi connectivity index (χ2v) is 5.10. The summed E-state index contributed by atoms with van der Waals surface area (Å²) in [6, 6.07) is 8.01. The molecule has 4 heteroatoms. The summed E-state index contributed by atoms with van der Waals surface area (Å²) in [6.07, 6.45) is 9.67. The first kappa shape index (κ1) is 15.2. The number of nitrogens with one attached hydrogen (secondary N) is 1. The van der Waals surface area contributed by atoms with E-state index in [4.69, 9.17) is 0 Å². The van der Waals surface area contributed by atoms with Crippen LogP contribution in [0.15, 0.2) is 47.5 Å². The average molecular weight is 284 g/mol. The summed E-state index contributed by atoms with van der Waals surface area (Å²) in [5.41, 5.74) is 2.65. The van der Waals surface area contributed by atoms with Gasteiger partial charge in [-0.2, -0.15) is 0 Å². The van der Waals surface area contributed by atoms with Gasteiger partial charge in [0.05, 0.1) is 18.0 Å². The Morgan fingerprint density at radius 2 is 2.10 bits per heavy atom. The van der Waals surface area contributed by atoms with Crippen LogP contribution in [0, 0.1) is 0 Å². The van der Waals surface area contributed by atoms with Crippen molar-refractivity contribution in [3.8, 4) is 11.3 Å². The van der Waals surface area contributed by atoms with Crippen molar-refractivity contribution in [2.24, 2.45) is 0 Å². The standard InChI is InChI=1S/C17H20N2O2/c1-13(20)5-3-2-4-6-14-7-9-15(10-8-14)16-11-19-17(21)12-18-16/h4,6-13,20H,2-3,5H2,1H3,(H,19,21). The Morgan fingerprint density at radius 3 is 2.71 bits per heavy atom. The fraction of sp³-hybridized carbons (Fsp3) is 0.294. The zero-order chi connectivity index (χ0) is 15.1. The van der Waals surface area contributed by atoms with Crippen LogP contribution in [-0.2, 0) is 0 Å². The number of allylic oxidation sites excluding steroid dienone is 1. The lowest BCUT2D eigenvalue weighted by Crippen LogP contribution is -2.04. The topological polar surface area (TPSA) is 66.0 Å². The van der Waals surface area contributed by atoms with E-state index in [0.29, 0.717) is 0 Å². The number of hydrogen-bond donors (Lipinski definition) is 2. The van der Waals surface area contributed by atoms with Crippen molar-refractivity contribution in [3.63, 3.8) is 0 Å². The number of aliphatic hydroxyl groups excluding tert-OH is 1. The van der Waals surface area contributed by atoms with E-state index in [1.807, 2.05) is 31.2 Å². The lowest BCUT2D eigenvalue weighted by molar-refractivity contribution is 0.182. The van der Waals surface area contributed by atoms with Crippen LogP contribution in [-0.4, -0.2) is 21.2 Å². The monoisotopic (exact) mass is 284 g/mol. The van der Waals surface area contributed by atoms with Crippen molar-refractivity contribution in [2.75, 3.05) is 0 Å². The molecule has 0 aliphatic rings. The number of aromatic nitrogens is 2. The van der Waals surface area contributed by atoms with Gasteiger partial charge in [0.1, 0.15) is 0 Å². The van der Waals surface area contributed by atoms with E-state index in [1.165, 1.54) is 6.20 Å².